The molecule has 174 valence electrons. The summed E-state index contributed by atoms with van der Waals surface area (Å²) in [5.41, 5.74) is 2.88. The molecule has 2 aliphatic heterocycles. The summed E-state index contributed by atoms with van der Waals surface area (Å²) in [6.45, 7) is 5.33. The van der Waals surface area contributed by atoms with Crippen LogP contribution in [-0.2, 0) is 9.47 Å². The van der Waals surface area contributed by atoms with Crippen LogP contribution in [0.15, 0.2) is 48.5 Å². The van der Waals surface area contributed by atoms with E-state index < -0.39 is 0 Å². The van der Waals surface area contributed by atoms with Gasteiger partial charge in [-0.05, 0) is 57.0 Å². The molecule has 0 bridgehead atoms. The molecular formula is C25H29N3O5. The Bertz CT molecular complexity index is 1010. The van der Waals surface area contributed by atoms with Gasteiger partial charge in [0.2, 0.25) is 0 Å². The summed E-state index contributed by atoms with van der Waals surface area (Å²) in [5, 5.41) is 3.48. The summed E-state index contributed by atoms with van der Waals surface area (Å²) >= 11 is 0. The highest BCUT2D eigenvalue weighted by Crippen LogP contribution is 2.38. The molecule has 2 aromatic rings. The molecule has 2 aromatic carbocycles. The first-order chi connectivity index (χ1) is 16.0. The Balaban J connectivity index is 1.53. The van der Waals surface area contributed by atoms with Crippen molar-refractivity contribution in [2.24, 2.45) is 0 Å². The summed E-state index contributed by atoms with van der Waals surface area (Å²) < 4.78 is 10.2. The number of likely N-dealkylation sites (tertiary alicyclic amines) is 1. The van der Waals surface area contributed by atoms with Crippen LogP contribution in [0.5, 0.6) is 0 Å². The van der Waals surface area contributed by atoms with Gasteiger partial charge >= 0.3 is 12.1 Å². The molecular weight excluding hydrogens is 422 g/mol. The second-order valence-electron chi connectivity index (χ2n) is 8.06. The minimum Gasteiger partial charge on any atom is -0.462 e. The molecule has 0 radical (unpaired) electrons. The van der Waals surface area contributed by atoms with E-state index in [9.17, 15) is 14.4 Å². The minimum absolute atomic E-state index is 0.00752. The molecule has 1 atom stereocenters. The number of rotatable bonds is 6. The summed E-state index contributed by atoms with van der Waals surface area (Å²) in [7, 11) is 0. The number of amides is 2. The van der Waals surface area contributed by atoms with E-state index in [1.807, 2.05) is 41.3 Å². The number of carbonyl (C=O) groups excluding carboxylic acids is 3. The molecule has 1 saturated heterocycles. The lowest BCUT2D eigenvalue weighted by Crippen LogP contribution is -2.49. The third-order valence-electron chi connectivity index (χ3n) is 6.08. The lowest BCUT2D eigenvalue weighted by Gasteiger charge is -2.39. The normalized spacial score (nSPS) is 18.1. The van der Waals surface area contributed by atoms with Gasteiger partial charge in [-0.3, -0.25) is 4.79 Å². The molecule has 33 heavy (non-hydrogen) atoms. The van der Waals surface area contributed by atoms with Crippen molar-refractivity contribution in [1.29, 1.82) is 0 Å². The molecule has 0 spiro atoms. The Hall–Kier alpha value is -3.55. The maximum absolute atomic E-state index is 13.3. The van der Waals surface area contributed by atoms with E-state index in [4.69, 9.17) is 9.47 Å². The number of nitrogens with one attached hydrogen (secondary N) is 1. The number of esters is 1. The van der Waals surface area contributed by atoms with Gasteiger partial charge in [0.1, 0.15) is 6.17 Å². The third-order valence-corrected chi connectivity index (χ3v) is 6.08. The van der Waals surface area contributed by atoms with E-state index in [1.54, 1.807) is 30.9 Å². The van der Waals surface area contributed by atoms with Crippen molar-refractivity contribution in [3.8, 4) is 0 Å². The fraction of sp³-hybridized carbons (Fsp3) is 0.400. The molecule has 2 heterocycles. The van der Waals surface area contributed by atoms with Gasteiger partial charge in [0.15, 0.2) is 0 Å². The second kappa shape index (κ2) is 9.94. The summed E-state index contributed by atoms with van der Waals surface area (Å²) in [5.74, 6) is -0.374. The Labute approximate surface area is 193 Å². The second-order valence-corrected chi connectivity index (χ2v) is 8.06. The molecule has 8 nitrogen and oxygen atoms in total. The first kappa shape index (κ1) is 22.6. The van der Waals surface area contributed by atoms with E-state index in [0.29, 0.717) is 50.3 Å². The lowest BCUT2D eigenvalue weighted by molar-refractivity contribution is 0.0494. The van der Waals surface area contributed by atoms with Crippen LogP contribution in [0.3, 0.4) is 0 Å². The molecule has 0 unspecified atom stereocenters. The lowest BCUT2D eigenvalue weighted by atomic mass is 10.0. The Morgan fingerprint density at radius 3 is 2.30 bits per heavy atom. The average Bonchev–Trinajstić information content (AvgIpc) is 3.11. The van der Waals surface area contributed by atoms with E-state index in [2.05, 4.69) is 5.32 Å². The van der Waals surface area contributed by atoms with Crippen LogP contribution in [0.25, 0.3) is 0 Å². The predicted molar refractivity (Wildman–Crippen MR) is 123 cm³/mol. The zero-order chi connectivity index (χ0) is 23.4. The van der Waals surface area contributed by atoms with Crippen molar-refractivity contribution in [1.82, 2.24) is 9.80 Å². The van der Waals surface area contributed by atoms with Crippen LogP contribution in [0.2, 0.25) is 0 Å². The van der Waals surface area contributed by atoms with E-state index in [0.717, 1.165) is 11.3 Å². The van der Waals surface area contributed by atoms with Crippen LogP contribution >= 0.6 is 0 Å². The van der Waals surface area contributed by atoms with Crippen molar-refractivity contribution in [2.75, 3.05) is 31.6 Å². The molecule has 2 aliphatic rings. The monoisotopic (exact) mass is 451 g/mol. The molecule has 1 fully saturated rings. The minimum atomic E-state index is -0.361. The maximum Gasteiger partial charge on any atom is 0.409 e. The van der Waals surface area contributed by atoms with Crippen LogP contribution < -0.4 is 5.32 Å². The van der Waals surface area contributed by atoms with E-state index >= 15 is 0 Å². The number of fused-ring (bicyclic) bond motifs is 1. The number of piperidine rings is 1. The summed E-state index contributed by atoms with van der Waals surface area (Å²) in [4.78, 5) is 41.0. The van der Waals surface area contributed by atoms with Crippen molar-refractivity contribution < 1.29 is 23.9 Å². The number of benzene rings is 2. The van der Waals surface area contributed by atoms with Crippen molar-refractivity contribution in [3.63, 3.8) is 0 Å². The van der Waals surface area contributed by atoms with Gasteiger partial charge in [0, 0.05) is 35.9 Å². The Morgan fingerprint density at radius 1 is 0.970 bits per heavy atom. The van der Waals surface area contributed by atoms with Gasteiger partial charge in [0.25, 0.3) is 5.91 Å². The molecule has 2 amide bonds. The van der Waals surface area contributed by atoms with Gasteiger partial charge in [-0.25, -0.2) is 9.59 Å². The van der Waals surface area contributed by atoms with E-state index in [-0.39, 0.29) is 30.2 Å². The van der Waals surface area contributed by atoms with Crippen molar-refractivity contribution >= 4 is 23.7 Å². The number of anilines is 1. The van der Waals surface area contributed by atoms with Gasteiger partial charge in [-0.1, -0.05) is 18.2 Å². The highest BCUT2D eigenvalue weighted by Gasteiger charge is 2.42. The number of hydrogen-bond donors (Lipinski definition) is 1. The molecule has 0 aliphatic carbocycles. The summed E-state index contributed by atoms with van der Waals surface area (Å²) in [6.07, 6.45) is 0.724. The quantitative estimate of drug-likeness (QED) is 0.667. The van der Waals surface area contributed by atoms with Crippen LogP contribution in [-0.4, -0.2) is 60.1 Å². The standard InChI is InChI=1S/C25H29N3O5/c1-3-32-24(30)17-9-11-18(12-10-17)26-22-20-7-5-6-8-21(20)23(29)28(22)19-13-15-27(16-14-19)25(31)33-4-2/h5-12,19,22,26H,3-4,13-16H2,1-2H3/t22-/m0/s1. The number of hydrogen-bond acceptors (Lipinski definition) is 6. The van der Waals surface area contributed by atoms with Gasteiger partial charge in [-0.15, -0.1) is 0 Å². The predicted octanol–water partition coefficient (Wildman–Crippen LogP) is 4.05. The Kier molecular flexibility index (Phi) is 6.82. The molecule has 0 saturated carbocycles. The zero-order valence-corrected chi connectivity index (χ0v) is 19.0. The van der Waals surface area contributed by atoms with Crippen LogP contribution in [0.4, 0.5) is 10.5 Å². The molecule has 8 heteroatoms. The molecule has 0 aromatic heterocycles. The van der Waals surface area contributed by atoms with Crippen molar-refractivity contribution in [2.45, 2.75) is 38.9 Å². The highest BCUT2D eigenvalue weighted by molar-refractivity contribution is 5.99. The fourth-order valence-electron chi connectivity index (χ4n) is 4.48. The van der Waals surface area contributed by atoms with Crippen molar-refractivity contribution in [3.05, 3.63) is 65.2 Å². The topological polar surface area (TPSA) is 88.2 Å². The van der Waals surface area contributed by atoms with Gasteiger partial charge < -0.3 is 24.6 Å². The SMILES string of the molecule is CCOC(=O)c1ccc(N[C@@H]2c3ccccc3C(=O)N2C2CCN(C(=O)OCC)CC2)cc1. The number of nitrogens with zero attached hydrogens (tertiary/aromatic N) is 2. The third kappa shape index (κ3) is 4.65. The van der Waals surface area contributed by atoms with Gasteiger partial charge in [-0.2, -0.15) is 0 Å². The van der Waals surface area contributed by atoms with Crippen LogP contribution in [0.1, 0.15) is 59.1 Å². The number of carbonyl (C=O) groups is 3. The molecule has 4 rings (SSSR count). The largest absolute Gasteiger partial charge is 0.462 e. The maximum atomic E-state index is 13.3. The number of ether oxygens (including phenoxy) is 2. The fourth-order valence-corrected chi connectivity index (χ4v) is 4.48. The smallest absolute Gasteiger partial charge is 0.409 e. The molecule has 1 N–H and O–H groups in total. The highest BCUT2D eigenvalue weighted by atomic mass is 16.6. The van der Waals surface area contributed by atoms with Gasteiger partial charge in [0.05, 0.1) is 18.8 Å². The first-order valence-electron chi connectivity index (χ1n) is 11.4. The first-order valence-corrected chi connectivity index (χ1v) is 11.4. The zero-order valence-electron chi connectivity index (χ0n) is 19.0. The van der Waals surface area contributed by atoms with Crippen LogP contribution in [0, 0.1) is 0 Å². The Morgan fingerprint density at radius 2 is 1.64 bits per heavy atom. The summed E-state index contributed by atoms with van der Waals surface area (Å²) in [6, 6.07) is 14.7. The average molecular weight is 452 g/mol. The van der Waals surface area contributed by atoms with E-state index in [1.165, 1.54) is 0 Å².